The van der Waals surface area contributed by atoms with Gasteiger partial charge in [-0.05, 0) is 63.8 Å². The molecule has 0 aliphatic carbocycles. The maximum Gasteiger partial charge on any atom is 0.277 e. The molecule has 1 fully saturated rings. The van der Waals surface area contributed by atoms with Gasteiger partial charge in [-0.15, -0.1) is 0 Å². The van der Waals surface area contributed by atoms with Crippen LogP contribution in [0.15, 0.2) is 27.9 Å². The van der Waals surface area contributed by atoms with Crippen LogP contribution in [0.2, 0.25) is 0 Å². The van der Waals surface area contributed by atoms with Crippen LogP contribution in [-0.4, -0.2) is 65.8 Å². The number of sulfonamides is 1. The number of H-pyrrole nitrogens is 1. The lowest BCUT2D eigenvalue weighted by atomic mass is 10.1. The first-order chi connectivity index (χ1) is 21.5. The molecule has 1 saturated heterocycles. The third-order valence-corrected chi connectivity index (χ3v) is 7.15. The van der Waals surface area contributed by atoms with Gasteiger partial charge in [0.2, 0.25) is 10.0 Å². The van der Waals surface area contributed by atoms with Gasteiger partial charge in [0.05, 0.1) is 22.8 Å². The van der Waals surface area contributed by atoms with E-state index in [0.29, 0.717) is 30.5 Å². The summed E-state index contributed by atoms with van der Waals surface area (Å²) in [4.78, 5) is 21.4. The largest absolute Gasteiger partial charge is 0.493 e. The molecule has 36 heavy (non-hydrogen) atoms. The molecular formula is C25H36N6O4S. The summed E-state index contributed by atoms with van der Waals surface area (Å²) in [5, 5.41) is 3.86. The van der Waals surface area contributed by atoms with Crippen LogP contribution in [0, 0.1) is 0 Å². The summed E-state index contributed by atoms with van der Waals surface area (Å²) >= 11 is 0. The standard InChI is InChI=1S/C25H36N6O4S/c1-5-8-20-22-23(31(4)29-20)25(32)28-24(27-22)19-16-18(10-11-21(19)35-15-6-2)36(33,34)26-13-12-17-9-7-14-30(17)3/h10-11,16-17,26H,5-9,12-15H2,1-4H3,(H,27,28,32)/i1D3,4D3,5D2,12D2,13D. The Balaban J connectivity index is 1.86. The number of hydrogen-bond donors (Lipinski definition) is 2. The van der Waals surface area contributed by atoms with Gasteiger partial charge in [-0.1, -0.05) is 20.1 Å². The van der Waals surface area contributed by atoms with Crippen molar-refractivity contribution in [3.8, 4) is 17.1 Å². The van der Waals surface area contributed by atoms with Crippen LogP contribution in [0.5, 0.6) is 5.75 Å². The molecule has 1 aliphatic rings. The van der Waals surface area contributed by atoms with Crippen molar-refractivity contribution in [1.82, 2.24) is 29.4 Å². The second-order valence-corrected chi connectivity index (χ2v) is 10.1. The number of aromatic nitrogens is 4. The predicted molar refractivity (Wildman–Crippen MR) is 140 cm³/mol. The van der Waals surface area contributed by atoms with Gasteiger partial charge >= 0.3 is 0 Å². The first kappa shape index (κ1) is 15.5. The van der Waals surface area contributed by atoms with Crippen LogP contribution < -0.4 is 15.0 Å². The smallest absolute Gasteiger partial charge is 0.277 e. The molecule has 3 heterocycles. The van der Waals surface area contributed by atoms with E-state index in [1.165, 1.54) is 12.1 Å². The Morgan fingerprint density at radius 3 is 2.97 bits per heavy atom. The molecule has 11 heteroatoms. The zero-order valence-corrected chi connectivity index (χ0v) is 20.8. The molecule has 0 spiro atoms. The summed E-state index contributed by atoms with van der Waals surface area (Å²) in [5.41, 5.74) is -2.56. The highest BCUT2D eigenvalue weighted by molar-refractivity contribution is 7.89. The molecular weight excluding hydrogens is 480 g/mol. The van der Waals surface area contributed by atoms with Gasteiger partial charge in [0, 0.05) is 34.6 Å². The highest BCUT2D eigenvalue weighted by atomic mass is 32.2. The summed E-state index contributed by atoms with van der Waals surface area (Å²) in [6, 6.07) is 2.84. The van der Waals surface area contributed by atoms with Crippen molar-refractivity contribution in [3.05, 3.63) is 34.2 Å². The molecule has 2 atom stereocenters. The number of aromatic amines is 1. The number of likely N-dealkylation sites (tertiary alicyclic amines) is 1. The highest BCUT2D eigenvalue weighted by Crippen LogP contribution is 2.31. The van der Waals surface area contributed by atoms with Crippen molar-refractivity contribution in [2.75, 3.05) is 26.7 Å². The van der Waals surface area contributed by atoms with Crippen molar-refractivity contribution in [2.24, 2.45) is 6.98 Å². The fourth-order valence-corrected chi connectivity index (χ4v) is 4.89. The maximum atomic E-state index is 13.5. The molecule has 2 aromatic heterocycles. The summed E-state index contributed by atoms with van der Waals surface area (Å²) in [6.45, 7) is -5.47. The fourth-order valence-electron chi connectivity index (χ4n) is 4.01. The normalized spacial score (nSPS) is 23.6. The quantitative estimate of drug-likeness (QED) is 0.393. The van der Waals surface area contributed by atoms with Crippen LogP contribution in [0.1, 0.15) is 66.6 Å². The molecule has 4 rings (SSSR count). The first-order valence-corrected chi connectivity index (χ1v) is 12.9. The zero-order valence-electron chi connectivity index (χ0n) is 31.0. The minimum absolute atomic E-state index is 0.0567. The van der Waals surface area contributed by atoms with E-state index in [-0.39, 0.29) is 23.7 Å². The van der Waals surface area contributed by atoms with E-state index in [0.717, 1.165) is 6.07 Å². The topological polar surface area (TPSA) is 122 Å². The maximum absolute atomic E-state index is 13.5. The summed E-state index contributed by atoms with van der Waals surface area (Å²) in [5.74, 6) is -0.266. The van der Waals surface area contributed by atoms with E-state index in [4.69, 9.17) is 19.8 Å². The van der Waals surface area contributed by atoms with Gasteiger partial charge in [-0.3, -0.25) is 9.48 Å². The number of hydrogen-bond acceptors (Lipinski definition) is 7. The number of fused-ring (bicyclic) bond motifs is 1. The number of rotatable bonds is 11. The minimum atomic E-state index is -4.55. The van der Waals surface area contributed by atoms with Crippen LogP contribution in [0.25, 0.3) is 22.4 Å². The molecule has 0 radical (unpaired) electrons. The molecule has 3 aromatic rings. The lowest BCUT2D eigenvalue weighted by molar-refractivity contribution is 0.297. The van der Waals surface area contributed by atoms with E-state index < -0.39 is 82.8 Å². The van der Waals surface area contributed by atoms with Crippen LogP contribution in [-0.2, 0) is 23.4 Å². The van der Waals surface area contributed by atoms with Crippen LogP contribution in [0.3, 0.4) is 0 Å². The second kappa shape index (κ2) is 11.1. The Labute approximate surface area is 227 Å². The predicted octanol–water partition coefficient (Wildman–Crippen LogP) is 2.83. The third-order valence-electron chi connectivity index (χ3n) is 5.84. The Hall–Kier alpha value is -2.76. The van der Waals surface area contributed by atoms with Gasteiger partial charge in [-0.2, -0.15) is 5.10 Å². The van der Waals surface area contributed by atoms with Crippen LogP contribution in [0.4, 0.5) is 0 Å². The molecule has 1 aliphatic heterocycles. The van der Waals surface area contributed by atoms with Crippen molar-refractivity contribution < 1.29 is 28.2 Å². The van der Waals surface area contributed by atoms with E-state index in [9.17, 15) is 13.2 Å². The second-order valence-electron chi connectivity index (χ2n) is 8.40. The van der Waals surface area contributed by atoms with Crippen molar-refractivity contribution in [3.63, 3.8) is 0 Å². The van der Waals surface area contributed by atoms with Gasteiger partial charge in [0.1, 0.15) is 17.1 Å². The summed E-state index contributed by atoms with van der Waals surface area (Å²) < 4.78 is 123. The minimum Gasteiger partial charge on any atom is -0.493 e. The van der Waals surface area contributed by atoms with E-state index in [2.05, 4.69) is 19.8 Å². The first-order valence-electron chi connectivity index (χ1n) is 17.0. The average Bonchev–Trinajstić information content (AvgIpc) is 3.55. The Morgan fingerprint density at radius 1 is 1.39 bits per heavy atom. The molecule has 0 bridgehead atoms. The van der Waals surface area contributed by atoms with Crippen molar-refractivity contribution in [2.45, 2.75) is 63.1 Å². The molecule has 1 aromatic carbocycles. The molecule has 10 nitrogen and oxygen atoms in total. The molecule has 196 valence electrons. The van der Waals surface area contributed by atoms with Crippen molar-refractivity contribution in [1.29, 1.82) is 0 Å². The number of aryl methyl sites for hydroxylation is 2. The lowest BCUT2D eigenvalue weighted by Crippen LogP contribution is -2.31. The highest BCUT2D eigenvalue weighted by Gasteiger charge is 2.23. The lowest BCUT2D eigenvalue weighted by Gasteiger charge is -2.19. The molecule has 0 saturated carbocycles. The third kappa shape index (κ3) is 5.47. The SMILES string of the molecule is [2H]C(NS(=O)(=O)c1ccc(OCCC)c(-c2nc3c(CC([2H])([2H])C([2H])([2H])[2H])nn(C([2H])([2H])[2H])c3c(=O)[nH]2)c1)C([2H])([2H])C1CCCN1C. The van der Waals surface area contributed by atoms with Gasteiger partial charge in [-0.25, -0.2) is 18.1 Å². The molecule has 2 unspecified atom stereocenters. The van der Waals surface area contributed by atoms with Gasteiger partial charge in [0.15, 0.2) is 5.52 Å². The Bertz CT molecular complexity index is 1790. The Kier molecular flexibility index (Phi) is 4.77. The number of ether oxygens (including phenoxy) is 1. The van der Waals surface area contributed by atoms with Crippen molar-refractivity contribution >= 4 is 21.1 Å². The number of nitrogens with zero attached hydrogens (tertiary/aromatic N) is 4. The zero-order chi connectivity index (χ0) is 35.3. The number of benzene rings is 1. The Morgan fingerprint density at radius 2 is 2.25 bits per heavy atom. The van der Waals surface area contributed by atoms with E-state index in [1.54, 1.807) is 11.9 Å². The average molecular weight is 528 g/mol. The van der Waals surface area contributed by atoms with E-state index >= 15 is 0 Å². The van der Waals surface area contributed by atoms with Gasteiger partial charge < -0.3 is 14.6 Å². The van der Waals surface area contributed by atoms with E-state index in [1.807, 2.05) is 6.92 Å². The monoisotopic (exact) mass is 527 g/mol. The summed E-state index contributed by atoms with van der Waals surface area (Å²) in [7, 11) is -2.85. The summed E-state index contributed by atoms with van der Waals surface area (Å²) in [6.07, 6.45) is -4.38. The molecule has 2 N–H and O–H groups in total. The van der Waals surface area contributed by atoms with Gasteiger partial charge in [0.25, 0.3) is 5.56 Å². The molecule has 0 amide bonds. The fraction of sp³-hybridized carbons (Fsp3) is 0.560. The number of nitrogens with one attached hydrogen (secondary N) is 2. The van der Waals surface area contributed by atoms with Crippen LogP contribution >= 0.6 is 0 Å².